The standard InChI is InChI=1S/C40H34O10/c1-19(2)5-6-23-12-21(7-9-29(23)42)28-18-50-40-35(32(45)16-33(46)37(40)39(28)48)26(11-20(3)4)25-13-22(8-10-30(25)43)27-17-49-34-15-24(41)14-31(44)36(34)38(27)47/h5,7-18,26,41-46H,6H2,1-4H3/t26-/m0/s1. The van der Waals surface area contributed by atoms with Gasteiger partial charge in [-0.1, -0.05) is 35.4 Å². The number of allylic oxidation sites excluding steroid dienone is 4. The van der Waals surface area contributed by atoms with Crippen LogP contribution in [0.15, 0.2) is 109 Å². The van der Waals surface area contributed by atoms with Crippen LogP contribution < -0.4 is 10.9 Å². The Morgan fingerprint density at radius 2 is 1.28 bits per heavy atom. The molecule has 2 heterocycles. The smallest absolute Gasteiger partial charge is 0.204 e. The molecule has 10 nitrogen and oxygen atoms in total. The predicted octanol–water partition coefficient (Wildman–Crippen LogP) is 8.07. The van der Waals surface area contributed by atoms with Gasteiger partial charge < -0.3 is 39.5 Å². The van der Waals surface area contributed by atoms with Crippen LogP contribution in [0, 0.1) is 0 Å². The molecule has 0 aliphatic heterocycles. The summed E-state index contributed by atoms with van der Waals surface area (Å²) in [5.41, 5.74) is 2.29. The maximum Gasteiger partial charge on any atom is 0.204 e. The SMILES string of the molecule is CC(C)=CCc1cc(-c2coc3c([C@@H](C=C(C)C)c4cc(-c5coc6cc(O)cc(O)c6c5=O)ccc4O)c(O)cc(O)c3c2=O)ccc1O. The van der Waals surface area contributed by atoms with Crippen LogP contribution in [-0.4, -0.2) is 30.6 Å². The van der Waals surface area contributed by atoms with E-state index < -0.39 is 34.0 Å². The normalized spacial score (nSPS) is 11.8. The Hall–Kier alpha value is -6.42. The Kier molecular flexibility index (Phi) is 8.63. The first kappa shape index (κ1) is 33.5. The van der Waals surface area contributed by atoms with E-state index in [1.807, 2.05) is 19.9 Å². The van der Waals surface area contributed by atoms with Crippen molar-refractivity contribution in [3.05, 3.63) is 128 Å². The fourth-order valence-corrected chi connectivity index (χ4v) is 6.08. The van der Waals surface area contributed by atoms with Gasteiger partial charge in [0.05, 0.1) is 11.1 Å². The highest BCUT2D eigenvalue weighted by Crippen LogP contribution is 2.45. The van der Waals surface area contributed by atoms with Crippen LogP contribution in [-0.2, 0) is 6.42 Å². The lowest BCUT2D eigenvalue weighted by atomic mass is 9.85. The number of fused-ring (bicyclic) bond motifs is 2. The van der Waals surface area contributed by atoms with Crippen molar-refractivity contribution >= 4 is 21.9 Å². The second-order valence-electron chi connectivity index (χ2n) is 12.7. The molecular weight excluding hydrogens is 640 g/mol. The van der Waals surface area contributed by atoms with Crippen LogP contribution in [0.3, 0.4) is 0 Å². The predicted molar refractivity (Wildman–Crippen MR) is 190 cm³/mol. The van der Waals surface area contributed by atoms with Gasteiger partial charge in [0.25, 0.3) is 0 Å². The molecule has 0 aliphatic rings. The van der Waals surface area contributed by atoms with Gasteiger partial charge in [-0.05, 0) is 75.1 Å². The fourth-order valence-electron chi connectivity index (χ4n) is 6.08. The molecule has 0 unspecified atom stereocenters. The number of benzene rings is 4. The quantitative estimate of drug-likeness (QED) is 0.0906. The zero-order chi connectivity index (χ0) is 36.0. The summed E-state index contributed by atoms with van der Waals surface area (Å²) in [5.74, 6) is -2.79. The fraction of sp³-hybridized carbons (Fsp3) is 0.150. The molecule has 0 radical (unpaired) electrons. The van der Waals surface area contributed by atoms with Crippen LogP contribution in [0.4, 0.5) is 0 Å². The third-order valence-corrected chi connectivity index (χ3v) is 8.49. The van der Waals surface area contributed by atoms with Crippen molar-refractivity contribution in [2.75, 3.05) is 0 Å². The van der Waals surface area contributed by atoms with E-state index in [0.717, 1.165) is 23.3 Å². The molecule has 0 fully saturated rings. The molecule has 254 valence electrons. The summed E-state index contributed by atoms with van der Waals surface area (Å²) in [6.07, 6.45) is 6.51. The minimum absolute atomic E-state index is 0.0241. The summed E-state index contributed by atoms with van der Waals surface area (Å²) in [7, 11) is 0. The van der Waals surface area contributed by atoms with E-state index in [0.29, 0.717) is 23.1 Å². The maximum atomic E-state index is 14.0. The highest BCUT2D eigenvalue weighted by molar-refractivity contribution is 5.92. The number of phenols is 6. The number of rotatable bonds is 7. The molecule has 50 heavy (non-hydrogen) atoms. The van der Waals surface area contributed by atoms with Gasteiger partial charge >= 0.3 is 0 Å². The van der Waals surface area contributed by atoms with Crippen LogP contribution in [0.25, 0.3) is 44.2 Å². The number of hydrogen-bond donors (Lipinski definition) is 6. The molecule has 1 atom stereocenters. The van der Waals surface area contributed by atoms with Crippen molar-refractivity contribution in [3.63, 3.8) is 0 Å². The van der Waals surface area contributed by atoms with Gasteiger partial charge in [0, 0.05) is 35.2 Å². The molecule has 2 aromatic heterocycles. The Balaban J connectivity index is 1.55. The van der Waals surface area contributed by atoms with Gasteiger partial charge in [0.15, 0.2) is 0 Å². The molecule has 0 bridgehead atoms. The average Bonchev–Trinajstić information content (AvgIpc) is 3.04. The molecular formula is C40H34O10. The van der Waals surface area contributed by atoms with Gasteiger partial charge in [-0.15, -0.1) is 0 Å². The van der Waals surface area contributed by atoms with Crippen LogP contribution >= 0.6 is 0 Å². The molecule has 0 saturated heterocycles. The highest BCUT2D eigenvalue weighted by Gasteiger charge is 2.28. The molecule has 0 amide bonds. The van der Waals surface area contributed by atoms with E-state index in [4.69, 9.17) is 8.83 Å². The monoisotopic (exact) mass is 674 g/mol. The zero-order valence-electron chi connectivity index (χ0n) is 27.6. The van der Waals surface area contributed by atoms with E-state index in [2.05, 4.69) is 0 Å². The Bertz CT molecular complexity index is 2510. The molecule has 6 rings (SSSR count). The van der Waals surface area contributed by atoms with Crippen molar-refractivity contribution in [2.24, 2.45) is 0 Å². The number of phenolic OH excluding ortho intramolecular Hbond substituents is 6. The van der Waals surface area contributed by atoms with E-state index in [-0.39, 0.29) is 61.4 Å². The Morgan fingerprint density at radius 1 is 0.660 bits per heavy atom. The lowest BCUT2D eigenvalue weighted by Crippen LogP contribution is -2.09. The van der Waals surface area contributed by atoms with Gasteiger partial charge in [0.1, 0.15) is 69.0 Å². The summed E-state index contributed by atoms with van der Waals surface area (Å²) in [5, 5.41) is 63.8. The lowest BCUT2D eigenvalue weighted by molar-refractivity contribution is 0.444. The third kappa shape index (κ3) is 6.03. The molecule has 6 N–H and O–H groups in total. The van der Waals surface area contributed by atoms with Crippen LogP contribution in [0.2, 0.25) is 0 Å². The first-order valence-corrected chi connectivity index (χ1v) is 15.7. The second kappa shape index (κ2) is 12.9. The maximum absolute atomic E-state index is 14.0. The minimum Gasteiger partial charge on any atom is -0.508 e. The summed E-state index contributed by atoms with van der Waals surface area (Å²) < 4.78 is 11.6. The summed E-state index contributed by atoms with van der Waals surface area (Å²) in [4.78, 5) is 27.6. The van der Waals surface area contributed by atoms with E-state index in [1.54, 1.807) is 32.1 Å². The molecule has 4 aromatic carbocycles. The molecule has 10 heteroatoms. The van der Waals surface area contributed by atoms with Gasteiger partial charge in [-0.2, -0.15) is 0 Å². The van der Waals surface area contributed by atoms with Gasteiger partial charge in [-0.25, -0.2) is 0 Å². The topological polar surface area (TPSA) is 182 Å². The zero-order valence-corrected chi connectivity index (χ0v) is 27.6. The lowest BCUT2D eigenvalue weighted by Gasteiger charge is -2.20. The largest absolute Gasteiger partial charge is 0.508 e. The number of aromatic hydroxyl groups is 6. The molecule has 6 aromatic rings. The van der Waals surface area contributed by atoms with Crippen LogP contribution in [0.5, 0.6) is 34.5 Å². The van der Waals surface area contributed by atoms with Crippen molar-refractivity contribution in [2.45, 2.75) is 40.0 Å². The van der Waals surface area contributed by atoms with E-state index in [9.17, 15) is 40.2 Å². The first-order valence-electron chi connectivity index (χ1n) is 15.7. The third-order valence-electron chi connectivity index (χ3n) is 8.49. The average molecular weight is 675 g/mol. The summed E-state index contributed by atoms with van der Waals surface area (Å²) in [6, 6.07) is 12.4. The van der Waals surface area contributed by atoms with Crippen molar-refractivity contribution < 1.29 is 39.5 Å². The van der Waals surface area contributed by atoms with Gasteiger partial charge in [-0.3, -0.25) is 9.59 Å². The van der Waals surface area contributed by atoms with Crippen molar-refractivity contribution in [1.29, 1.82) is 0 Å². The summed E-state index contributed by atoms with van der Waals surface area (Å²) in [6.45, 7) is 7.48. The van der Waals surface area contributed by atoms with E-state index >= 15 is 0 Å². The second-order valence-corrected chi connectivity index (χ2v) is 12.7. The van der Waals surface area contributed by atoms with Crippen molar-refractivity contribution in [1.82, 2.24) is 0 Å². The first-order chi connectivity index (χ1) is 23.7. The van der Waals surface area contributed by atoms with E-state index in [1.165, 1.54) is 42.9 Å². The highest BCUT2D eigenvalue weighted by atomic mass is 16.3. The molecule has 0 saturated carbocycles. The minimum atomic E-state index is -0.959. The Labute approximate surface area is 285 Å². The summed E-state index contributed by atoms with van der Waals surface area (Å²) >= 11 is 0. The van der Waals surface area contributed by atoms with Crippen LogP contribution in [0.1, 0.15) is 50.3 Å². The molecule has 0 spiro atoms. The molecule has 0 aliphatic carbocycles. The number of hydrogen-bond acceptors (Lipinski definition) is 10. The Morgan fingerprint density at radius 3 is 1.96 bits per heavy atom. The van der Waals surface area contributed by atoms with Gasteiger partial charge in [0.2, 0.25) is 10.9 Å². The van der Waals surface area contributed by atoms with Crippen molar-refractivity contribution in [3.8, 4) is 56.8 Å².